The van der Waals surface area contributed by atoms with Crippen molar-refractivity contribution in [1.29, 1.82) is 0 Å². The maximum absolute atomic E-state index is 9.31. The molecule has 4 N–H and O–H groups in total. The quantitative estimate of drug-likeness (QED) is 0.308. The Kier molecular flexibility index (Phi) is 11.9. The molecule has 0 spiro atoms. The van der Waals surface area contributed by atoms with Gasteiger partial charge in [0.05, 0.1) is 0 Å². The maximum atomic E-state index is 9.31. The third kappa shape index (κ3) is 10.8. The van der Waals surface area contributed by atoms with Crippen LogP contribution in [0.15, 0.2) is 121 Å². The highest BCUT2D eigenvalue weighted by molar-refractivity contribution is 5.64. The van der Waals surface area contributed by atoms with Gasteiger partial charge < -0.3 is 20.4 Å². The van der Waals surface area contributed by atoms with E-state index in [1.165, 1.54) is 43.8 Å². The molecule has 0 aromatic heterocycles. The summed E-state index contributed by atoms with van der Waals surface area (Å²) in [5, 5.41) is 36.8. The molecule has 0 amide bonds. The topological polar surface area (TPSA) is 80.9 Å². The van der Waals surface area contributed by atoms with Crippen molar-refractivity contribution >= 4 is 0 Å². The summed E-state index contributed by atoms with van der Waals surface area (Å²) < 4.78 is 0. The number of phenolic OH excluding ortho intramolecular Hbond substituents is 2. The largest absolute Gasteiger partial charge is 0.508 e. The average molecular weight is 513 g/mol. The van der Waals surface area contributed by atoms with Crippen LogP contribution in [0.1, 0.15) is 51.4 Å². The third-order valence-corrected chi connectivity index (χ3v) is 6.64. The fourth-order valence-electron chi connectivity index (χ4n) is 4.47. The van der Waals surface area contributed by atoms with Crippen LogP contribution in [0.4, 0.5) is 0 Å². The first kappa shape index (κ1) is 29.0. The monoisotopic (exact) mass is 512 g/mol. The van der Waals surface area contributed by atoms with Gasteiger partial charge in [0.2, 0.25) is 0 Å². The molecule has 2 aromatic rings. The molecule has 4 heteroatoms. The Morgan fingerprint density at radius 1 is 0.605 bits per heavy atom. The van der Waals surface area contributed by atoms with Crippen molar-refractivity contribution in [3.8, 4) is 22.6 Å². The standard InChI is InChI=1S/C12H10O2.C12H18O2.2C5H6/c13-11-5-1-9(2-6-11)10-3-7-12(14)8-4-10;13-12(14)8-6-11(7-9-12)10-4-2-1-3-5-10;2*1-2-4-5-3-1/h1-8,13-14H;6-8,10,13-14H,1-5,9H2;2*1-4H,5H2. The number of aliphatic hydroxyl groups is 2. The van der Waals surface area contributed by atoms with Crippen LogP contribution in [0.3, 0.4) is 0 Å². The predicted octanol–water partition coefficient (Wildman–Crippen LogP) is 7.90. The number of phenols is 2. The summed E-state index contributed by atoms with van der Waals surface area (Å²) in [5.41, 5.74) is 3.34. The Bertz CT molecular complexity index is 1050. The normalized spacial score (nSPS) is 18.4. The summed E-state index contributed by atoms with van der Waals surface area (Å²) in [4.78, 5) is 0. The van der Waals surface area contributed by atoms with Crippen molar-refractivity contribution in [2.75, 3.05) is 0 Å². The molecule has 0 heterocycles. The summed E-state index contributed by atoms with van der Waals surface area (Å²) >= 11 is 0. The van der Waals surface area contributed by atoms with Crippen LogP contribution in [-0.4, -0.2) is 26.2 Å². The number of rotatable bonds is 2. The third-order valence-electron chi connectivity index (χ3n) is 6.64. The zero-order valence-corrected chi connectivity index (χ0v) is 22.0. The number of benzene rings is 2. The molecular formula is C34H40O4. The summed E-state index contributed by atoms with van der Waals surface area (Å²) in [6.45, 7) is 0. The number of aromatic hydroxyl groups is 2. The van der Waals surface area contributed by atoms with Crippen LogP contribution >= 0.6 is 0 Å². The van der Waals surface area contributed by atoms with Crippen molar-refractivity contribution in [3.05, 3.63) is 121 Å². The average Bonchev–Trinajstić information content (AvgIpc) is 3.71. The second-order valence-corrected chi connectivity index (χ2v) is 9.73. The van der Waals surface area contributed by atoms with Crippen molar-refractivity contribution in [3.63, 3.8) is 0 Å². The SMILES string of the molecule is C1=CCC=C1.C1=CCC=C1.OC1(O)C=CC(C2CCCCC2)=CC1.Oc1ccc(-c2ccc(O)cc2)cc1. The smallest absolute Gasteiger partial charge is 0.186 e. The fourth-order valence-corrected chi connectivity index (χ4v) is 4.47. The first-order valence-electron chi connectivity index (χ1n) is 13.5. The van der Waals surface area contributed by atoms with E-state index >= 15 is 0 Å². The van der Waals surface area contributed by atoms with Gasteiger partial charge in [-0.1, -0.05) is 104 Å². The molecule has 1 saturated carbocycles. The lowest BCUT2D eigenvalue weighted by Crippen LogP contribution is -2.26. The number of hydrogen-bond donors (Lipinski definition) is 4. The van der Waals surface area contributed by atoms with E-state index in [4.69, 9.17) is 10.2 Å². The zero-order chi connectivity index (χ0) is 27.1. The molecule has 200 valence electrons. The van der Waals surface area contributed by atoms with Crippen LogP contribution in [0.2, 0.25) is 0 Å². The van der Waals surface area contributed by atoms with Gasteiger partial charge in [0.1, 0.15) is 11.5 Å². The predicted molar refractivity (Wildman–Crippen MR) is 157 cm³/mol. The second-order valence-electron chi connectivity index (χ2n) is 9.73. The minimum atomic E-state index is -1.60. The molecule has 0 bridgehead atoms. The van der Waals surface area contributed by atoms with E-state index in [0.717, 1.165) is 24.0 Å². The first-order valence-corrected chi connectivity index (χ1v) is 13.5. The van der Waals surface area contributed by atoms with Gasteiger partial charge in [0.15, 0.2) is 5.79 Å². The molecule has 0 atom stereocenters. The van der Waals surface area contributed by atoms with Crippen LogP contribution in [-0.2, 0) is 0 Å². The van der Waals surface area contributed by atoms with Gasteiger partial charge >= 0.3 is 0 Å². The molecule has 2 aromatic carbocycles. The maximum Gasteiger partial charge on any atom is 0.186 e. The molecule has 4 aliphatic carbocycles. The molecule has 0 saturated heterocycles. The van der Waals surface area contributed by atoms with Crippen LogP contribution in [0.5, 0.6) is 11.5 Å². The highest BCUT2D eigenvalue weighted by Gasteiger charge is 2.24. The second kappa shape index (κ2) is 15.6. The van der Waals surface area contributed by atoms with Gasteiger partial charge in [-0.25, -0.2) is 0 Å². The molecule has 4 nitrogen and oxygen atoms in total. The fraction of sp³-hybridized carbons (Fsp3) is 0.294. The Morgan fingerprint density at radius 3 is 1.39 bits per heavy atom. The van der Waals surface area contributed by atoms with E-state index in [1.807, 2.05) is 36.4 Å². The van der Waals surface area contributed by atoms with Crippen LogP contribution < -0.4 is 0 Å². The highest BCUT2D eigenvalue weighted by Crippen LogP contribution is 2.33. The van der Waals surface area contributed by atoms with E-state index in [1.54, 1.807) is 24.3 Å². The Labute approximate surface area is 227 Å². The van der Waals surface area contributed by atoms with E-state index in [0.29, 0.717) is 12.3 Å². The molecule has 0 radical (unpaired) electrons. The minimum absolute atomic E-state index is 0.257. The van der Waals surface area contributed by atoms with Crippen LogP contribution in [0.25, 0.3) is 11.1 Å². The summed E-state index contributed by atoms with van der Waals surface area (Å²) in [5.74, 6) is -0.422. The van der Waals surface area contributed by atoms with E-state index in [2.05, 4.69) is 48.6 Å². The van der Waals surface area contributed by atoms with Crippen molar-refractivity contribution in [2.24, 2.45) is 5.92 Å². The van der Waals surface area contributed by atoms with Gasteiger partial charge in [-0.15, -0.1) is 0 Å². The molecule has 0 unspecified atom stereocenters. The Hall–Kier alpha value is -3.60. The van der Waals surface area contributed by atoms with Gasteiger partial charge in [-0.3, -0.25) is 0 Å². The summed E-state index contributed by atoms with van der Waals surface area (Å²) in [6.07, 6.45) is 31.2. The molecular weight excluding hydrogens is 472 g/mol. The Balaban J connectivity index is 0.000000155. The summed E-state index contributed by atoms with van der Waals surface area (Å²) in [6, 6.07) is 13.9. The molecule has 6 rings (SSSR count). The molecule has 0 aliphatic heterocycles. The van der Waals surface area contributed by atoms with Gasteiger partial charge in [0.25, 0.3) is 0 Å². The summed E-state index contributed by atoms with van der Waals surface area (Å²) in [7, 11) is 0. The van der Waals surface area contributed by atoms with E-state index < -0.39 is 5.79 Å². The van der Waals surface area contributed by atoms with Gasteiger partial charge in [-0.05, 0) is 78.6 Å². The van der Waals surface area contributed by atoms with E-state index in [9.17, 15) is 10.2 Å². The number of hydrogen-bond acceptors (Lipinski definition) is 4. The van der Waals surface area contributed by atoms with Gasteiger partial charge in [-0.2, -0.15) is 0 Å². The van der Waals surface area contributed by atoms with E-state index in [-0.39, 0.29) is 11.5 Å². The van der Waals surface area contributed by atoms with Crippen molar-refractivity contribution in [2.45, 2.75) is 57.2 Å². The Morgan fingerprint density at radius 2 is 1.05 bits per heavy atom. The van der Waals surface area contributed by atoms with Crippen LogP contribution in [0, 0.1) is 5.92 Å². The molecule has 4 aliphatic rings. The molecule has 38 heavy (non-hydrogen) atoms. The van der Waals surface area contributed by atoms with Crippen molar-refractivity contribution < 1.29 is 20.4 Å². The van der Waals surface area contributed by atoms with Gasteiger partial charge in [0, 0.05) is 6.42 Å². The molecule has 1 fully saturated rings. The lowest BCUT2D eigenvalue weighted by atomic mass is 9.81. The zero-order valence-electron chi connectivity index (χ0n) is 22.0. The van der Waals surface area contributed by atoms with Crippen molar-refractivity contribution in [1.82, 2.24) is 0 Å². The lowest BCUT2D eigenvalue weighted by Gasteiger charge is -2.27. The highest BCUT2D eigenvalue weighted by atomic mass is 16.5. The first-order chi connectivity index (χ1) is 18.4. The number of allylic oxidation sites excluding steroid dienone is 10. The minimum Gasteiger partial charge on any atom is -0.508 e. The lowest BCUT2D eigenvalue weighted by molar-refractivity contribution is -0.115.